The zero-order valence-electron chi connectivity index (χ0n) is 13.8. The second-order valence-corrected chi connectivity index (χ2v) is 5.93. The molecule has 0 fully saturated rings. The Labute approximate surface area is 150 Å². The van der Waals surface area contributed by atoms with E-state index in [1.807, 2.05) is 25.1 Å². The van der Waals surface area contributed by atoms with E-state index >= 15 is 0 Å². The summed E-state index contributed by atoms with van der Waals surface area (Å²) in [5.74, 6) is 0.328. The molecule has 25 heavy (non-hydrogen) atoms. The first-order valence-corrected chi connectivity index (χ1v) is 8.12. The highest BCUT2D eigenvalue weighted by molar-refractivity contribution is 6.31. The van der Waals surface area contributed by atoms with Crippen LogP contribution in [-0.4, -0.2) is 27.0 Å². The van der Waals surface area contributed by atoms with Gasteiger partial charge in [0.05, 0.1) is 23.8 Å². The molecule has 0 aliphatic carbocycles. The SMILES string of the molecule is Cc1cc(OC(C)C(=O)Nc2ccccc2-n2ccnn2)ccc1Cl. The van der Waals surface area contributed by atoms with E-state index in [0.717, 1.165) is 11.3 Å². The second kappa shape index (κ2) is 7.36. The summed E-state index contributed by atoms with van der Waals surface area (Å²) in [6, 6.07) is 12.6. The van der Waals surface area contributed by atoms with Gasteiger partial charge in [-0.1, -0.05) is 28.9 Å². The van der Waals surface area contributed by atoms with Gasteiger partial charge >= 0.3 is 0 Å². The molecule has 3 aromatic rings. The van der Waals surface area contributed by atoms with Crippen LogP contribution in [0.2, 0.25) is 5.02 Å². The number of hydrogen-bond acceptors (Lipinski definition) is 4. The molecule has 128 valence electrons. The molecule has 1 unspecified atom stereocenters. The van der Waals surface area contributed by atoms with Crippen molar-refractivity contribution in [3.63, 3.8) is 0 Å². The van der Waals surface area contributed by atoms with E-state index in [2.05, 4.69) is 15.6 Å². The highest BCUT2D eigenvalue weighted by Crippen LogP contribution is 2.23. The third-order valence-electron chi connectivity index (χ3n) is 3.64. The Morgan fingerprint density at radius 1 is 1.28 bits per heavy atom. The van der Waals surface area contributed by atoms with Crippen LogP contribution in [0.25, 0.3) is 5.69 Å². The summed E-state index contributed by atoms with van der Waals surface area (Å²) in [5, 5.41) is 11.3. The summed E-state index contributed by atoms with van der Waals surface area (Å²) in [6.07, 6.45) is 2.61. The standard InChI is InChI=1S/C18H17ClN4O2/c1-12-11-14(7-8-15(12)19)25-13(2)18(24)21-16-5-3-4-6-17(16)23-10-9-20-22-23/h3-11,13H,1-2H3,(H,21,24). The van der Waals surface area contributed by atoms with Gasteiger partial charge in [0.25, 0.3) is 5.91 Å². The fourth-order valence-electron chi connectivity index (χ4n) is 2.30. The number of carbonyl (C=O) groups is 1. The van der Waals surface area contributed by atoms with Crippen molar-refractivity contribution in [1.29, 1.82) is 0 Å². The molecule has 0 radical (unpaired) electrons. The number of anilines is 1. The van der Waals surface area contributed by atoms with Crippen LogP contribution in [0.15, 0.2) is 54.9 Å². The molecule has 2 aromatic carbocycles. The zero-order chi connectivity index (χ0) is 17.8. The van der Waals surface area contributed by atoms with Crippen molar-refractivity contribution >= 4 is 23.2 Å². The van der Waals surface area contributed by atoms with Crippen molar-refractivity contribution in [2.45, 2.75) is 20.0 Å². The van der Waals surface area contributed by atoms with E-state index in [-0.39, 0.29) is 5.91 Å². The van der Waals surface area contributed by atoms with Gasteiger partial charge in [-0.3, -0.25) is 4.79 Å². The molecule has 1 atom stereocenters. The number of nitrogens with one attached hydrogen (secondary N) is 1. The minimum atomic E-state index is -0.677. The Kier molecular flexibility index (Phi) is 5.00. The smallest absolute Gasteiger partial charge is 0.265 e. The Balaban J connectivity index is 1.73. The van der Waals surface area contributed by atoms with Crippen molar-refractivity contribution in [3.05, 3.63) is 65.4 Å². The van der Waals surface area contributed by atoms with Gasteiger partial charge in [-0.2, -0.15) is 0 Å². The van der Waals surface area contributed by atoms with Gasteiger partial charge < -0.3 is 10.1 Å². The lowest BCUT2D eigenvalue weighted by Crippen LogP contribution is -2.30. The number of aryl methyl sites for hydroxylation is 1. The minimum Gasteiger partial charge on any atom is -0.481 e. The summed E-state index contributed by atoms with van der Waals surface area (Å²) in [4.78, 5) is 12.5. The van der Waals surface area contributed by atoms with Crippen LogP contribution in [0.5, 0.6) is 5.75 Å². The van der Waals surface area contributed by atoms with Crippen LogP contribution in [0.4, 0.5) is 5.69 Å². The van der Waals surface area contributed by atoms with E-state index in [4.69, 9.17) is 16.3 Å². The Bertz CT molecular complexity index is 881. The van der Waals surface area contributed by atoms with Crippen molar-refractivity contribution in [2.24, 2.45) is 0 Å². The van der Waals surface area contributed by atoms with Gasteiger partial charge in [-0.15, -0.1) is 5.10 Å². The molecule has 1 heterocycles. The first-order valence-electron chi connectivity index (χ1n) is 7.74. The lowest BCUT2D eigenvalue weighted by Gasteiger charge is -2.16. The highest BCUT2D eigenvalue weighted by atomic mass is 35.5. The average molecular weight is 357 g/mol. The maximum absolute atomic E-state index is 12.5. The predicted octanol–water partition coefficient (Wildman–Crippen LogP) is 3.64. The summed E-state index contributed by atoms with van der Waals surface area (Å²) in [7, 11) is 0. The quantitative estimate of drug-likeness (QED) is 0.757. The maximum Gasteiger partial charge on any atom is 0.265 e. The number of nitrogens with zero attached hydrogens (tertiary/aromatic N) is 3. The van der Waals surface area contributed by atoms with Crippen LogP contribution in [0, 0.1) is 6.92 Å². The van der Waals surface area contributed by atoms with E-state index in [1.165, 1.54) is 0 Å². The third-order valence-corrected chi connectivity index (χ3v) is 4.07. The number of para-hydroxylation sites is 2. The second-order valence-electron chi connectivity index (χ2n) is 5.53. The first-order chi connectivity index (χ1) is 12.0. The van der Waals surface area contributed by atoms with E-state index in [1.54, 1.807) is 48.3 Å². The molecule has 1 amide bonds. The third kappa shape index (κ3) is 3.97. The van der Waals surface area contributed by atoms with E-state index in [9.17, 15) is 4.79 Å². The number of carbonyl (C=O) groups excluding carboxylic acids is 1. The Morgan fingerprint density at radius 3 is 2.80 bits per heavy atom. The van der Waals surface area contributed by atoms with Crippen LogP contribution >= 0.6 is 11.6 Å². The summed E-state index contributed by atoms with van der Waals surface area (Å²) in [6.45, 7) is 3.58. The van der Waals surface area contributed by atoms with Gasteiger partial charge in [0, 0.05) is 5.02 Å². The van der Waals surface area contributed by atoms with Crippen LogP contribution < -0.4 is 10.1 Å². The Hall–Kier alpha value is -2.86. The number of halogens is 1. The molecule has 3 rings (SSSR count). The predicted molar refractivity (Wildman–Crippen MR) is 96.3 cm³/mol. The van der Waals surface area contributed by atoms with Gasteiger partial charge in [-0.05, 0) is 49.7 Å². The highest BCUT2D eigenvalue weighted by Gasteiger charge is 2.17. The van der Waals surface area contributed by atoms with Crippen LogP contribution in [-0.2, 0) is 4.79 Å². The summed E-state index contributed by atoms with van der Waals surface area (Å²) < 4.78 is 7.30. The average Bonchev–Trinajstić information content (AvgIpc) is 3.13. The maximum atomic E-state index is 12.5. The van der Waals surface area contributed by atoms with Crippen molar-refractivity contribution in [1.82, 2.24) is 15.0 Å². The van der Waals surface area contributed by atoms with Gasteiger partial charge in [0.15, 0.2) is 6.10 Å². The van der Waals surface area contributed by atoms with Gasteiger partial charge in [0.1, 0.15) is 5.75 Å². The molecule has 6 nitrogen and oxygen atoms in total. The Morgan fingerprint density at radius 2 is 2.08 bits per heavy atom. The van der Waals surface area contributed by atoms with Crippen LogP contribution in [0.3, 0.4) is 0 Å². The largest absolute Gasteiger partial charge is 0.481 e. The molecule has 0 aliphatic rings. The fourth-order valence-corrected chi connectivity index (χ4v) is 2.42. The van der Waals surface area contributed by atoms with E-state index < -0.39 is 6.10 Å². The molecule has 0 bridgehead atoms. The minimum absolute atomic E-state index is 0.264. The van der Waals surface area contributed by atoms with Gasteiger partial charge in [0.2, 0.25) is 0 Å². The summed E-state index contributed by atoms with van der Waals surface area (Å²) >= 11 is 6.01. The van der Waals surface area contributed by atoms with Crippen molar-refractivity contribution < 1.29 is 9.53 Å². The lowest BCUT2D eigenvalue weighted by molar-refractivity contribution is -0.122. The molecule has 0 spiro atoms. The molecular weight excluding hydrogens is 340 g/mol. The number of ether oxygens (including phenoxy) is 1. The molecule has 0 aliphatic heterocycles. The number of amides is 1. The molecule has 1 N–H and O–H groups in total. The lowest BCUT2D eigenvalue weighted by atomic mass is 10.2. The van der Waals surface area contributed by atoms with Crippen molar-refractivity contribution in [3.8, 4) is 11.4 Å². The van der Waals surface area contributed by atoms with E-state index in [0.29, 0.717) is 16.5 Å². The zero-order valence-corrected chi connectivity index (χ0v) is 14.6. The number of rotatable bonds is 5. The number of hydrogen-bond donors (Lipinski definition) is 1. The monoisotopic (exact) mass is 356 g/mol. The molecule has 7 heteroatoms. The summed E-state index contributed by atoms with van der Waals surface area (Å²) in [5.41, 5.74) is 2.24. The fraction of sp³-hybridized carbons (Fsp3) is 0.167. The van der Waals surface area contributed by atoms with Crippen molar-refractivity contribution in [2.75, 3.05) is 5.32 Å². The topological polar surface area (TPSA) is 69.0 Å². The number of benzene rings is 2. The van der Waals surface area contributed by atoms with Gasteiger partial charge in [-0.25, -0.2) is 4.68 Å². The normalized spacial score (nSPS) is 11.8. The first kappa shape index (κ1) is 17.0. The molecule has 1 aromatic heterocycles. The number of aromatic nitrogens is 3. The molecular formula is C18H17ClN4O2. The molecule has 0 saturated carbocycles. The molecule has 0 saturated heterocycles. The van der Waals surface area contributed by atoms with Crippen LogP contribution in [0.1, 0.15) is 12.5 Å².